The van der Waals surface area contributed by atoms with Crippen molar-refractivity contribution in [3.05, 3.63) is 21.4 Å². The third kappa shape index (κ3) is 5.32. The Morgan fingerprint density at radius 2 is 2.05 bits per heavy atom. The maximum Gasteiger partial charge on any atom is 0.406 e. The molecule has 7 heteroatoms. The van der Waals surface area contributed by atoms with Gasteiger partial charge in [0.05, 0.1) is 11.5 Å². The lowest BCUT2D eigenvalue weighted by Gasteiger charge is -2.22. The van der Waals surface area contributed by atoms with Crippen molar-refractivity contribution in [2.45, 2.75) is 39.3 Å². The van der Waals surface area contributed by atoms with Crippen molar-refractivity contribution in [3.63, 3.8) is 0 Å². The number of nitrogens with zero attached hydrogens (tertiary/aromatic N) is 1. The Bertz CT molecular complexity index is 471. The summed E-state index contributed by atoms with van der Waals surface area (Å²) in [6.07, 6.45) is -1.98. The molecule has 0 fully saturated rings. The summed E-state index contributed by atoms with van der Waals surface area (Å²) in [5, 5.41) is 8.86. The fourth-order valence-corrected chi connectivity index (χ4v) is 3.38. The summed E-state index contributed by atoms with van der Waals surface area (Å²) in [6, 6.07) is 1.68. The molecular formula is C14H20F3NO2S. The minimum atomic E-state index is -4.47. The van der Waals surface area contributed by atoms with E-state index in [1.165, 1.54) is 11.3 Å². The lowest BCUT2D eigenvalue weighted by atomic mass is 10.1. The monoisotopic (exact) mass is 323 g/mol. The largest absolute Gasteiger partial charge is 0.406 e. The Morgan fingerprint density at radius 3 is 2.52 bits per heavy atom. The van der Waals surface area contributed by atoms with Crippen LogP contribution in [0.1, 0.15) is 40.4 Å². The molecule has 1 aromatic rings. The van der Waals surface area contributed by atoms with Gasteiger partial charge in [-0.2, -0.15) is 13.2 Å². The maximum absolute atomic E-state index is 12.5. The molecule has 1 heterocycles. The molecule has 0 radical (unpaired) electrons. The predicted octanol–water partition coefficient (Wildman–Crippen LogP) is 3.26. The van der Waals surface area contributed by atoms with E-state index in [1.807, 2.05) is 13.8 Å². The molecule has 1 rings (SSSR count). The molecule has 21 heavy (non-hydrogen) atoms. The van der Waals surface area contributed by atoms with Crippen molar-refractivity contribution in [2.24, 2.45) is 0 Å². The van der Waals surface area contributed by atoms with E-state index in [2.05, 4.69) is 0 Å². The first-order chi connectivity index (χ1) is 9.82. The molecule has 0 atom stereocenters. The van der Waals surface area contributed by atoms with Gasteiger partial charge in [0.2, 0.25) is 0 Å². The zero-order valence-corrected chi connectivity index (χ0v) is 13.0. The second-order valence-electron chi connectivity index (χ2n) is 4.73. The Labute approximate surface area is 126 Å². The van der Waals surface area contributed by atoms with E-state index < -0.39 is 25.2 Å². The molecule has 0 saturated carbocycles. The van der Waals surface area contributed by atoms with Gasteiger partial charge in [-0.05, 0) is 24.5 Å². The molecule has 0 aliphatic rings. The lowest BCUT2D eigenvalue weighted by Crippen LogP contribution is -2.40. The number of hydrogen-bond donors (Lipinski definition) is 1. The summed E-state index contributed by atoms with van der Waals surface area (Å²) in [5.74, 6) is -0.663. The van der Waals surface area contributed by atoms with E-state index >= 15 is 0 Å². The van der Waals surface area contributed by atoms with Gasteiger partial charge < -0.3 is 10.0 Å². The number of aryl methyl sites for hydroxylation is 2. The molecule has 120 valence electrons. The normalized spacial score (nSPS) is 11.7. The minimum Gasteiger partial charge on any atom is -0.395 e. The van der Waals surface area contributed by atoms with Crippen LogP contribution in [0.15, 0.2) is 6.07 Å². The Kier molecular flexibility index (Phi) is 6.67. The summed E-state index contributed by atoms with van der Waals surface area (Å²) in [5.41, 5.74) is 1.01. The number of carbonyl (C=O) groups is 1. The average molecular weight is 323 g/mol. The van der Waals surface area contributed by atoms with Gasteiger partial charge in [-0.3, -0.25) is 4.79 Å². The fourth-order valence-electron chi connectivity index (χ4n) is 2.06. The summed E-state index contributed by atoms with van der Waals surface area (Å²) >= 11 is 1.26. The Balaban J connectivity index is 2.97. The van der Waals surface area contributed by atoms with Crippen LogP contribution in [0, 0.1) is 0 Å². The molecule has 3 nitrogen and oxygen atoms in total. The van der Waals surface area contributed by atoms with Gasteiger partial charge in [-0.25, -0.2) is 0 Å². The number of aliphatic hydroxyl groups excluding tert-OH is 1. The summed E-state index contributed by atoms with van der Waals surface area (Å²) in [4.78, 5) is 14.2. The van der Waals surface area contributed by atoms with Crippen LogP contribution >= 0.6 is 11.3 Å². The van der Waals surface area contributed by atoms with E-state index in [0.29, 0.717) is 9.78 Å². The number of halogens is 3. The highest BCUT2D eigenvalue weighted by Crippen LogP contribution is 2.27. The number of thiophene rings is 1. The highest BCUT2D eigenvalue weighted by atomic mass is 32.1. The second kappa shape index (κ2) is 7.79. The van der Waals surface area contributed by atoms with Crippen LogP contribution in [0.3, 0.4) is 0 Å². The van der Waals surface area contributed by atoms with E-state index in [9.17, 15) is 18.0 Å². The van der Waals surface area contributed by atoms with Crippen molar-refractivity contribution in [1.29, 1.82) is 0 Å². The van der Waals surface area contributed by atoms with E-state index in [1.54, 1.807) is 6.07 Å². The topological polar surface area (TPSA) is 40.5 Å². The quantitative estimate of drug-likeness (QED) is 0.837. The molecule has 1 amide bonds. The Hall–Kier alpha value is -1.08. The van der Waals surface area contributed by atoms with Crippen LogP contribution in [0.5, 0.6) is 0 Å². The first kappa shape index (κ1) is 18.0. The van der Waals surface area contributed by atoms with Crippen LogP contribution in [-0.2, 0) is 12.8 Å². The van der Waals surface area contributed by atoms with Gasteiger partial charge in [-0.15, -0.1) is 11.3 Å². The van der Waals surface area contributed by atoms with E-state index in [0.717, 1.165) is 29.7 Å². The molecule has 0 spiro atoms. The summed E-state index contributed by atoms with van der Waals surface area (Å²) < 4.78 is 37.5. The molecule has 0 bridgehead atoms. The number of carbonyl (C=O) groups excluding carboxylic acids is 1. The minimum absolute atomic E-state index is 0.313. The van der Waals surface area contributed by atoms with E-state index in [4.69, 9.17) is 5.11 Å². The molecule has 1 aromatic heterocycles. The Morgan fingerprint density at radius 1 is 1.38 bits per heavy atom. The van der Waals surface area contributed by atoms with Crippen LogP contribution in [0.2, 0.25) is 0 Å². The highest BCUT2D eigenvalue weighted by molar-refractivity contribution is 7.14. The molecule has 0 aliphatic carbocycles. The first-order valence-electron chi connectivity index (χ1n) is 6.90. The molecule has 0 aromatic carbocycles. The van der Waals surface area contributed by atoms with Crippen LogP contribution in [0.25, 0.3) is 0 Å². The number of rotatable bonds is 7. The third-order valence-corrected chi connectivity index (χ3v) is 4.22. The van der Waals surface area contributed by atoms with Gasteiger partial charge >= 0.3 is 6.18 Å². The van der Waals surface area contributed by atoms with Gasteiger partial charge in [0, 0.05) is 11.4 Å². The van der Waals surface area contributed by atoms with Gasteiger partial charge in [-0.1, -0.05) is 20.3 Å². The van der Waals surface area contributed by atoms with Crippen LogP contribution in [-0.4, -0.2) is 41.8 Å². The second-order valence-corrected chi connectivity index (χ2v) is 5.86. The lowest BCUT2D eigenvalue weighted by molar-refractivity contribution is -0.141. The van der Waals surface area contributed by atoms with Crippen molar-refractivity contribution >= 4 is 17.2 Å². The summed E-state index contributed by atoms with van der Waals surface area (Å²) in [7, 11) is 0. The zero-order chi connectivity index (χ0) is 16.0. The SMILES string of the molecule is CCCc1sc(C(=O)N(CCO)CC(F)(F)F)cc1CC. The number of amides is 1. The van der Waals surface area contributed by atoms with Crippen molar-refractivity contribution < 1.29 is 23.1 Å². The molecule has 0 unspecified atom stereocenters. The standard InChI is InChI=1S/C14H20F3NO2S/c1-3-5-11-10(4-2)8-12(21-11)13(20)18(6-7-19)9-14(15,16)17/h8,19H,3-7,9H2,1-2H3. The number of hydrogen-bond acceptors (Lipinski definition) is 3. The van der Waals surface area contributed by atoms with Crippen LogP contribution in [0.4, 0.5) is 13.2 Å². The maximum atomic E-state index is 12.5. The third-order valence-electron chi connectivity index (χ3n) is 2.99. The fraction of sp³-hybridized carbons (Fsp3) is 0.643. The van der Waals surface area contributed by atoms with Crippen molar-refractivity contribution in [1.82, 2.24) is 4.90 Å². The van der Waals surface area contributed by atoms with Crippen LogP contribution < -0.4 is 0 Å². The molecule has 0 aliphatic heterocycles. The molecule has 0 saturated heterocycles. The molecule has 1 N–H and O–H groups in total. The van der Waals surface area contributed by atoms with Gasteiger partial charge in [0.25, 0.3) is 5.91 Å². The van der Waals surface area contributed by atoms with Crippen molar-refractivity contribution in [3.8, 4) is 0 Å². The van der Waals surface area contributed by atoms with E-state index in [-0.39, 0.29) is 6.54 Å². The smallest absolute Gasteiger partial charge is 0.395 e. The van der Waals surface area contributed by atoms with Gasteiger partial charge in [0.15, 0.2) is 0 Å². The summed E-state index contributed by atoms with van der Waals surface area (Å²) in [6.45, 7) is 1.82. The predicted molar refractivity (Wildman–Crippen MR) is 76.7 cm³/mol. The average Bonchev–Trinajstić information content (AvgIpc) is 2.79. The number of aliphatic hydroxyl groups is 1. The van der Waals surface area contributed by atoms with Gasteiger partial charge in [0.1, 0.15) is 6.54 Å². The highest BCUT2D eigenvalue weighted by Gasteiger charge is 2.33. The molecular weight excluding hydrogens is 303 g/mol. The van der Waals surface area contributed by atoms with Crippen molar-refractivity contribution in [2.75, 3.05) is 19.7 Å². The first-order valence-corrected chi connectivity index (χ1v) is 7.72. The number of alkyl halides is 3. The zero-order valence-electron chi connectivity index (χ0n) is 12.2.